The van der Waals surface area contributed by atoms with Crippen molar-refractivity contribution in [2.24, 2.45) is 0 Å². The maximum atomic E-state index is 12.7. The predicted molar refractivity (Wildman–Crippen MR) is 78.4 cm³/mol. The fourth-order valence-electron chi connectivity index (χ4n) is 2.89. The van der Waals surface area contributed by atoms with Crippen molar-refractivity contribution >= 4 is 5.91 Å². The van der Waals surface area contributed by atoms with Gasteiger partial charge in [-0.25, -0.2) is 0 Å². The SMILES string of the molecule is Cc1cccc(C(=O)N2CCC[C@H]2c2ccncc2)c1. The summed E-state index contributed by atoms with van der Waals surface area (Å²) in [5.41, 5.74) is 3.08. The minimum Gasteiger partial charge on any atom is -0.332 e. The van der Waals surface area contributed by atoms with E-state index in [2.05, 4.69) is 4.98 Å². The lowest BCUT2D eigenvalue weighted by Gasteiger charge is -2.25. The number of rotatable bonds is 2. The number of carbonyl (C=O) groups excluding carboxylic acids is 1. The van der Waals surface area contributed by atoms with Gasteiger partial charge in [-0.05, 0) is 49.6 Å². The van der Waals surface area contributed by atoms with Crippen LogP contribution < -0.4 is 0 Å². The van der Waals surface area contributed by atoms with E-state index in [1.165, 1.54) is 5.56 Å². The number of aryl methyl sites for hydroxylation is 1. The van der Waals surface area contributed by atoms with Gasteiger partial charge in [0.05, 0.1) is 6.04 Å². The van der Waals surface area contributed by atoms with Crippen molar-refractivity contribution in [1.29, 1.82) is 0 Å². The Bertz CT molecular complexity index is 609. The molecule has 1 fully saturated rings. The Balaban J connectivity index is 1.87. The molecule has 0 bridgehead atoms. The Hall–Kier alpha value is -2.16. The van der Waals surface area contributed by atoms with Crippen LogP contribution in [0.3, 0.4) is 0 Å². The molecule has 1 aromatic carbocycles. The summed E-state index contributed by atoms with van der Waals surface area (Å²) < 4.78 is 0. The van der Waals surface area contributed by atoms with E-state index in [-0.39, 0.29) is 11.9 Å². The molecule has 1 aliphatic heterocycles. The zero-order valence-electron chi connectivity index (χ0n) is 11.6. The van der Waals surface area contributed by atoms with Crippen LogP contribution in [-0.2, 0) is 0 Å². The second-order valence-corrected chi connectivity index (χ2v) is 5.31. The van der Waals surface area contributed by atoms with Gasteiger partial charge in [0.25, 0.3) is 5.91 Å². The van der Waals surface area contributed by atoms with Gasteiger partial charge in [-0.3, -0.25) is 9.78 Å². The lowest BCUT2D eigenvalue weighted by atomic mass is 10.0. The minimum absolute atomic E-state index is 0.132. The molecule has 1 amide bonds. The molecule has 0 saturated carbocycles. The summed E-state index contributed by atoms with van der Waals surface area (Å²) in [7, 11) is 0. The zero-order valence-corrected chi connectivity index (χ0v) is 11.6. The molecule has 1 saturated heterocycles. The maximum absolute atomic E-state index is 12.7. The van der Waals surface area contributed by atoms with Gasteiger partial charge in [-0.15, -0.1) is 0 Å². The summed E-state index contributed by atoms with van der Waals surface area (Å²) in [5.74, 6) is 0.132. The van der Waals surface area contributed by atoms with Crippen LogP contribution in [0.15, 0.2) is 48.8 Å². The van der Waals surface area contributed by atoms with Crippen molar-refractivity contribution in [3.8, 4) is 0 Å². The fourth-order valence-corrected chi connectivity index (χ4v) is 2.89. The van der Waals surface area contributed by atoms with Crippen LogP contribution in [0.25, 0.3) is 0 Å². The van der Waals surface area contributed by atoms with Crippen LogP contribution in [0.2, 0.25) is 0 Å². The standard InChI is InChI=1S/C17H18N2O/c1-13-4-2-5-15(12-13)17(20)19-11-3-6-16(19)14-7-9-18-10-8-14/h2,4-5,7-10,12,16H,3,6,11H2,1H3/t16-/m0/s1. The number of aromatic nitrogens is 1. The van der Waals surface area contributed by atoms with Gasteiger partial charge in [0.1, 0.15) is 0 Å². The van der Waals surface area contributed by atoms with Gasteiger partial charge in [0, 0.05) is 24.5 Å². The molecule has 1 aromatic heterocycles. The van der Waals surface area contributed by atoms with E-state index in [4.69, 9.17) is 0 Å². The van der Waals surface area contributed by atoms with Crippen LogP contribution >= 0.6 is 0 Å². The Labute approximate surface area is 119 Å². The first kappa shape index (κ1) is 12.9. The molecule has 3 heteroatoms. The minimum atomic E-state index is 0.132. The van der Waals surface area contributed by atoms with E-state index in [0.29, 0.717) is 0 Å². The van der Waals surface area contributed by atoms with E-state index in [0.717, 1.165) is 30.5 Å². The number of nitrogens with zero attached hydrogens (tertiary/aromatic N) is 2. The molecule has 0 spiro atoms. The normalized spacial score (nSPS) is 18.2. The molecule has 3 nitrogen and oxygen atoms in total. The second-order valence-electron chi connectivity index (χ2n) is 5.31. The first-order valence-electron chi connectivity index (χ1n) is 7.03. The topological polar surface area (TPSA) is 33.2 Å². The van der Waals surface area contributed by atoms with Crippen molar-refractivity contribution in [3.05, 3.63) is 65.5 Å². The van der Waals surface area contributed by atoms with E-state index in [9.17, 15) is 4.79 Å². The smallest absolute Gasteiger partial charge is 0.254 e. The number of benzene rings is 1. The van der Waals surface area contributed by atoms with Crippen molar-refractivity contribution in [2.45, 2.75) is 25.8 Å². The zero-order chi connectivity index (χ0) is 13.9. The average Bonchev–Trinajstić information content (AvgIpc) is 2.97. The third-order valence-corrected chi connectivity index (χ3v) is 3.87. The van der Waals surface area contributed by atoms with E-state index >= 15 is 0 Å². The number of pyridine rings is 1. The molecule has 2 heterocycles. The number of carbonyl (C=O) groups is 1. The summed E-state index contributed by atoms with van der Waals surface area (Å²) in [4.78, 5) is 18.7. The Morgan fingerprint density at radius 2 is 2.05 bits per heavy atom. The van der Waals surface area contributed by atoms with Gasteiger partial charge in [0.2, 0.25) is 0 Å². The van der Waals surface area contributed by atoms with E-state index in [1.807, 2.05) is 48.2 Å². The Morgan fingerprint density at radius 1 is 1.25 bits per heavy atom. The molecule has 1 atom stereocenters. The van der Waals surface area contributed by atoms with Crippen LogP contribution in [-0.4, -0.2) is 22.3 Å². The third-order valence-electron chi connectivity index (χ3n) is 3.87. The third kappa shape index (κ3) is 2.44. The summed E-state index contributed by atoms with van der Waals surface area (Å²) in [6.07, 6.45) is 5.68. The second kappa shape index (κ2) is 5.45. The van der Waals surface area contributed by atoms with Crippen LogP contribution in [0.5, 0.6) is 0 Å². The van der Waals surface area contributed by atoms with Crippen molar-refractivity contribution in [2.75, 3.05) is 6.54 Å². The highest BCUT2D eigenvalue weighted by molar-refractivity contribution is 5.94. The highest BCUT2D eigenvalue weighted by atomic mass is 16.2. The molecule has 102 valence electrons. The molecular formula is C17H18N2O. The summed E-state index contributed by atoms with van der Waals surface area (Å²) in [5, 5.41) is 0. The fraction of sp³-hybridized carbons (Fsp3) is 0.294. The molecule has 20 heavy (non-hydrogen) atoms. The summed E-state index contributed by atoms with van der Waals surface area (Å²) in [6.45, 7) is 2.85. The van der Waals surface area contributed by atoms with Gasteiger partial charge >= 0.3 is 0 Å². The molecule has 0 N–H and O–H groups in total. The first-order chi connectivity index (χ1) is 9.75. The molecular weight excluding hydrogens is 248 g/mol. The molecule has 0 aliphatic carbocycles. The summed E-state index contributed by atoms with van der Waals surface area (Å²) in [6, 6.07) is 12.0. The van der Waals surface area contributed by atoms with Crippen molar-refractivity contribution < 1.29 is 4.79 Å². The quantitative estimate of drug-likeness (QED) is 0.835. The average molecular weight is 266 g/mol. The molecule has 1 aliphatic rings. The number of hydrogen-bond donors (Lipinski definition) is 0. The van der Waals surface area contributed by atoms with Gasteiger partial charge in [0.15, 0.2) is 0 Å². The lowest BCUT2D eigenvalue weighted by molar-refractivity contribution is 0.0735. The van der Waals surface area contributed by atoms with Gasteiger partial charge in [-0.1, -0.05) is 17.7 Å². The Kier molecular flexibility index (Phi) is 3.50. The number of amides is 1. The van der Waals surface area contributed by atoms with Crippen LogP contribution in [0.4, 0.5) is 0 Å². The van der Waals surface area contributed by atoms with Gasteiger partial charge < -0.3 is 4.90 Å². The van der Waals surface area contributed by atoms with E-state index < -0.39 is 0 Å². The van der Waals surface area contributed by atoms with E-state index in [1.54, 1.807) is 12.4 Å². The lowest BCUT2D eigenvalue weighted by Crippen LogP contribution is -2.30. The van der Waals surface area contributed by atoms with Crippen LogP contribution in [0.1, 0.15) is 40.4 Å². The Morgan fingerprint density at radius 3 is 2.80 bits per heavy atom. The largest absolute Gasteiger partial charge is 0.332 e. The first-order valence-corrected chi connectivity index (χ1v) is 7.03. The maximum Gasteiger partial charge on any atom is 0.254 e. The van der Waals surface area contributed by atoms with Crippen molar-refractivity contribution in [1.82, 2.24) is 9.88 Å². The molecule has 0 unspecified atom stereocenters. The molecule has 0 radical (unpaired) electrons. The molecule has 3 rings (SSSR count). The summed E-state index contributed by atoms with van der Waals surface area (Å²) >= 11 is 0. The molecule has 2 aromatic rings. The van der Waals surface area contributed by atoms with Crippen LogP contribution in [0, 0.1) is 6.92 Å². The highest BCUT2D eigenvalue weighted by Gasteiger charge is 2.30. The number of likely N-dealkylation sites (tertiary alicyclic amines) is 1. The van der Waals surface area contributed by atoms with Crippen molar-refractivity contribution in [3.63, 3.8) is 0 Å². The number of hydrogen-bond acceptors (Lipinski definition) is 2. The van der Waals surface area contributed by atoms with Gasteiger partial charge in [-0.2, -0.15) is 0 Å². The predicted octanol–water partition coefficient (Wildman–Crippen LogP) is 3.37. The monoisotopic (exact) mass is 266 g/mol. The highest BCUT2D eigenvalue weighted by Crippen LogP contribution is 2.32.